The van der Waals surface area contributed by atoms with Gasteiger partial charge in [-0.1, -0.05) is 25.4 Å². The Morgan fingerprint density at radius 1 is 1.29 bits per heavy atom. The van der Waals surface area contributed by atoms with Crippen molar-refractivity contribution in [1.29, 1.82) is 0 Å². The lowest BCUT2D eigenvalue weighted by atomic mass is 10.1. The first-order chi connectivity index (χ1) is 11.6. The van der Waals surface area contributed by atoms with Gasteiger partial charge in [-0.2, -0.15) is 4.98 Å². The van der Waals surface area contributed by atoms with Crippen molar-refractivity contribution in [2.24, 2.45) is 0 Å². The first kappa shape index (κ1) is 15.5. The average Bonchev–Trinajstić information content (AvgIpc) is 3.09. The summed E-state index contributed by atoms with van der Waals surface area (Å²) in [4.78, 5) is 24.0. The summed E-state index contributed by atoms with van der Waals surface area (Å²) in [6.45, 7) is 4.29. The molecule has 0 aromatic carbocycles. The van der Waals surface area contributed by atoms with Gasteiger partial charge in [0.1, 0.15) is 4.83 Å². The lowest BCUT2D eigenvalue weighted by Gasteiger charge is -2.03. The van der Waals surface area contributed by atoms with Gasteiger partial charge in [0, 0.05) is 10.8 Å². The van der Waals surface area contributed by atoms with Gasteiger partial charge >= 0.3 is 0 Å². The third-order valence-electron chi connectivity index (χ3n) is 4.48. The SMILES string of the molecule is CC(C)c1nc(Cn2cnc3sc4c(c3c2=O)CCCCC4)no1. The largest absolute Gasteiger partial charge is 0.339 e. The van der Waals surface area contributed by atoms with Crippen molar-refractivity contribution in [3.05, 3.63) is 38.8 Å². The van der Waals surface area contributed by atoms with Gasteiger partial charge in [0.2, 0.25) is 5.89 Å². The zero-order valence-electron chi connectivity index (χ0n) is 13.9. The van der Waals surface area contributed by atoms with Crippen LogP contribution in [0.5, 0.6) is 0 Å². The Bertz CT molecular complexity index is 938. The number of aryl methyl sites for hydroxylation is 2. The first-order valence-corrected chi connectivity index (χ1v) is 9.27. The summed E-state index contributed by atoms with van der Waals surface area (Å²) in [6, 6.07) is 0. The van der Waals surface area contributed by atoms with Crippen LogP contribution >= 0.6 is 11.3 Å². The molecule has 3 heterocycles. The van der Waals surface area contributed by atoms with Crippen molar-refractivity contribution in [3.8, 4) is 0 Å². The highest BCUT2D eigenvalue weighted by Gasteiger charge is 2.19. The fraction of sp³-hybridized carbons (Fsp3) is 0.529. The van der Waals surface area contributed by atoms with E-state index in [-0.39, 0.29) is 11.5 Å². The molecule has 7 heteroatoms. The Morgan fingerprint density at radius 2 is 2.12 bits per heavy atom. The highest BCUT2D eigenvalue weighted by molar-refractivity contribution is 7.18. The molecule has 0 fully saturated rings. The van der Waals surface area contributed by atoms with E-state index in [0.29, 0.717) is 18.3 Å². The zero-order valence-corrected chi connectivity index (χ0v) is 14.7. The smallest absolute Gasteiger partial charge is 0.262 e. The van der Waals surface area contributed by atoms with Crippen molar-refractivity contribution >= 4 is 21.6 Å². The van der Waals surface area contributed by atoms with Crippen LogP contribution < -0.4 is 5.56 Å². The zero-order chi connectivity index (χ0) is 16.7. The van der Waals surface area contributed by atoms with Crippen LogP contribution in [0.1, 0.15) is 61.2 Å². The summed E-state index contributed by atoms with van der Waals surface area (Å²) in [5.74, 6) is 1.29. The summed E-state index contributed by atoms with van der Waals surface area (Å²) in [7, 11) is 0. The van der Waals surface area contributed by atoms with Crippen LogP contribution in [0.25, 0.3) is 10.2 Å². The van der Waals surface area contributed by atoms with E-state index in [4.69, 9.17) is 4.52 Å². The van der Waals surface area contributed by atoms with Crippen LogP contribution in [-0.4, -0.2) is 19.7 Å². The summed E-state index contributed by atoms with van der Waals surface area (Å²) in [6.07, 6.45) is 7.24. The molecule has 0 bridgehead atoms. The number of fused-ring (bicyclic) bond motifs is 3. The van der Waals surface area contributed by atoms with Crippen molar-refractivity contribution in [1.82, 2.24) is 19.7 Å². The molecule has 1 aliphatic carbocycles. The molecule has 0 aliphatic heterocycles. The number of nitrogens with zero attached hydrogens (tertiary/aromatic N) is 4. The molecular weight excluding hydrogens is 324 g/mol. The first-order valence-electron chi connectivity index (χ1n) is 8.45. The maximum Gasteiger partial charge on any atom is 0.262 e. The van der Waals surface area contributed by atoms with Gasteiger partial charge in [-0.25, -0.2) is 4.98 Å². The number of hydrogen-bond donors (Lipinski definition) is 0. The maximum absolute atomic E-state index is 13.0. The van der Waals surface area contributed by atoms with Gasteiger partial charge in [-0.3, -0.25) is 9.36 Å². The minimum Gasteiger partial charge on any atom is -0.339 e. The van der Waals surface area contributed by atoms with Crippen LogP contribution in [0, 0.1) is 0 Å². The monoisotopic (exact) mass is 344 g/mol. The molecule has 3 aromatic rings. The number of aromatic nitrogens is 4. The molecule has 0 N–H and O–H groups in total. The van der Waals surface area contributed by atoms with Gasteiger partial charge in [0.05, 0.1) is 18.3 Å². The number of hydrogen-bond acceptors (Lipinski definition) is 6. The quantitative estimate of drug-likeness (QED) is 0.682. The highest BCUT2D eigenvalue weighted by Crippen LogP contribution is 2.32. The van der Waals surface area contributed by atoms with E-state index in [1.165, 1.54) is 23.3 Å². The molecule has 1 aliphatic rings. The van der Waals surface area contributed by atoms with Crippen molar-refractivity contribution in [3.63, 3.8) is 0 Å². The van der Waals surface area contributed by atoms with E-state index >= 15 is 0 Å². The van der Waals surface area contributed by atoms with E-state index < -0.39 is 0 Å². The molecule has 6 nitrogen and oxygen atoms in total. The fourth-order valence-electron chi connectivity index (χ4n) is 3.19. The van der Waals surface area contributed by atoms with E-state index in [0.717, 1.165) is 29.5 Å². The lowest BCUT2D eigenvalue weighted by Crippen LogP contribution is -2.22. The van der Waals surface area contributed by atoms with Crippen LogP contribution in [0.4, 0.5) is 0 Å². The summed E-state index contributed by atoms with van der Waals surface area (Å²) < 4.78 is 6.82. The Balaban J connectivity index is 1.75. The molecule has 0 radical (unpaired) electrons. The predicted octanol–water partition coefficient (Wildman–Crippen LogP) is 3.28. The highest BCUT2D eigenvalue weighted by atomic mass is 32.1. The summed E-state index contributed by atoms with van der Waals surface area (Å²) >= 11 is 1.68. The van der Waals surface area contributed by atoms with Crippen LogP contribution in [0.3, 0.4) is 0 Å². The topological polar surface area (TPSA) is 73.8 Å². The standard InChI is InChI=1S/C17H20N4O2S/c1-10(2)15-19-13(20-23-15)8-21-9-18-16-14(17(21)22)11-6-4-3-5-7-12(11)24-16/h9-10H,3-8H2,1-2H3. The van der Waals surface area contributed by atoms with Gasteiger partial charge in [0.15, 0.2) is 5.82 Å². The van der Waals surface area contributed by atoms with E-state index in [1.54, 1.807) is 22.2 Å². The van der Waals surface area contributed by atoms with Crippen LogP contribution in [0.15, 0.2) is 15.6 Å². The minimum atomic E-state index is 0.00953. The Morgan fingerprint density at radius 3 is 2.92 bits per heavy atom. The van der Waals surface area contributed by atoms with Crippen molar-refractivity contribution in [2.75, 3.05) is 0 Å². The Hall–Kier alpha value is -2.02. The Labute approximate surface area is 143 Å². The molecule has 0 spiro atoms. The lowest BCUT2D eigenvalue weighted by molar-refractivity contribution is 0.359. The summed E-state index contributed by atoms with van der Waals surface area (Å²) in [5.41, 5.74) is 1.23. The summed E-state index contributed by atoms with van der Waals surface area (Å²) in [5, 5.41) is 4.77. The molecule has 0 unspecified atom stereocenters. The third kappa shape index (κ3) is 2.66. The average molecular weight is 344 g/mol. The van der Waals surface area contributed by atoms with Gasteiger partial charge in [-0.05, 0) is 31.2 Å². The Kier molecular flexibility index (Phi) is 3.96. The van der Waals surface area contributed by atoms with E-state index in [1.807, 2.05) is 13.8 Å². The second kappa shape index (κ2) is 6.12. The second-order valence-electron chi connectivity index (χ2n) is 6.63. The van der Waals surface area contributed by atoms with Crippen molar-refractivity contribution in [2.45, 2.75) is 58.4 Å². The number of thiophene rings is 1. The molecule has 3 aromatic heterocycles. The van der Waals surface area contributed by atoms with Crippen LogP contribution in [-0.2, 0) is 19.4 Å². The van der Waals surface area contributed by atoms with Crippen LogP contribution in [0.2, 0.25) is 0 Å². The molecule has 0 saturated carbocycles. The molecule has 126 valence electrons. The second-order valence-corrected chi connectivity index (χ2v) is 7.71. The normalized spacial score (nSPS) is 15.0. The predicted molar refractivity (Wildman–Crippen MR) is 92.6 cm³/mol. The number of rotatable bonds is 3. The maximum atomic E-state index is 13.0. The molecule has 4 rings (SSSR count). The molecule has 0 amide bonds. The van der Waals surface area contributed by atoms with Gasteiger partial charge < -0.3 is 4.52 Å². The van der Waals surface area contributed by atoms with Crippen molar-refractivity contribution < 1.29 is 4.52 Å². The van der Waals surface area contributed by atoms with E-state index in [9.17, 15) is 4.79 Å². The fourth-order valence-corrected chi connectivity index (χ4v) is 4.41. The molecular formula is C17H20N4O2S. The van der Waals surface area contributed by atoms with Gasteiger partial charge in [0.25, 0.3) is 5.56 Å². The van der Waals surface area contributed by atoms with Gasteiger partial charge in [-0.15, -0.1) is 11.3 Å². The molecule has 0 atom stereocenters. The molecule has 24 heavy (non-hydrogen) atoms. The van der Waals surface area contributed by atoms with E-state index in [2.05, 4.69) is 15.1 Å². The molecule has 0 saturated heterocycles. The third-order valence-corrected chi connectivity index (χ3v) is 5.68. The minimum absolute atomic E-state index is 0.00953.